The molecule has 2 unspecified atom stereocenters. The number of hydrogen-bond acceptors (Lipinski definition) is 9. The van der Waals surface area contributed by atoms with Crippen molar-refractivity contribution < 1.29 is 4.79 Å². The number of benzene rings is 3. The molecular weight excluding hydrogens is 775 g/mol. The van der Waals surface area contributed by atoms with Crippen molar-refractivity contribution in [1.29, 1.82) is 0 Å². The summed E-state index contributed by atoms with van der Waals surface area (Å²) in [5, 5.41) is 27.0. The van der Waals surface area contributed by atoms with E-state index in [4.69, 9.17) is 10.1 Å². The number of amides is 1. The number of rotatable bonds is 16. The van der Waals surface area contributed by atoms with Crippen LogP contribution in [0.5, 0.6) is 0 Å². The number of nitrogens with one attached hydrogen (secondary N) is 3. The Labute approximate surface area is 364 Å². The number of aliphatic imine (C=N–C) groups is 1. The molecule has 2 atom stereocenters. The van der Waals surface area contributed by atoms with E-state index in [1.165, 1.54) is 48.1 Å². The highest BCUT2D eigenvalue weighted by molar-refractivity contribution is 7.15. The second kappa shape index (κ2) is 18.7. The molecule has 0 spiro atoms. The molecule has 1 amide bonds. The number of hydrogen-bond donors (Lipinski definition) is 3. The predicted molar refractivity (Wildman–Crippen MR) is 252 cm³/mol. The van der Waals surface area contributed by atoms with E-state index in [2.05, 4.69) is 107 Å². The highest BCUT2D eigenvalue weighted by Crippen LogP contribution is 2.40. The van der Waals surface area contributed by atoms with Crippen molar-refractivity contribution in [3.05, 3.63) is 154 Å². The van der Waals surface area contributed by atoms with Crippen LogP contribution in [0.15, 0.2) is 114 Å². The molecule has 0 saturated carbocycles. The molecule has 0 bridgehead atoms. The van der Waals surface area contributed by atoms with E-state index in [0.717, 1.165) is 106 Å². The van der Waals surface area contributed by atoms with E-state index < -0.39 is 6.04 Å². The van der Waals surface area contributed by atoms with Gasteiger partial charge in [-0.2, -0.15) is 5.10 Å². The normalized spacial score (nSPS) is 16.9. The van der Waals surface area contributed by atoms with E-state index >= 15 is 0 Å². The van der Waals surface area contributed by atoms with Gasteiger partial charge in [-0.15, -0.1) is 21.5 Å². The van der Waals surface area contributed by atoms with Gasteiger partial charge in [-0.05, 0) is 82.2 Å². The van der Waals surface area contributed by atoms with Gasteiger partial charge in [0.05, 0.1) is 30.1 Å². The molecule has 5 heterocycles. The summed E-state index contributed by atoms with van der Waals surface area (Å²) in [6.45, 7) is 19.8. The van der Waals surface area contributed by atoms with E-state index in [0.29, 0.717) is 5.82 Å². The Morgan fingerprint density at radius 2 is 1.67 bits per heavy atom. The Balaban J connectivity index is 0.772. The molecule has 1 fully saturated rings. The molecule has 61 heavy (non-hydrogen) atoms. The van der Waals surface area contributed by atoms with Crippen LogP contribution >= 0.6 is 11.3 Å². The van der Waals surface area contributed by atoms with Crippen LogP contribution in [0.25, 0.3) is 10.7 Å². The molecule has 3 aliphatic rings. The standard InChI is InChI=1S/C50H57N9OS/c1-32-26-27-45(34(3)53-32)59-35(4)41-24-18-25-43(42(41)31-52-59)51-28-16-11-9-7-8-10-13-19-38-20-17-23-40(29-38)54-46(60)30-44-49-57-56-37(6)58(49)50-47(33(2)36(5)61-50)48(55-44)39-21-14-12-15-22-39/h12,14-15,17-18,20-25,29,31,44-45,51,53H,1,3-4,7-11,13,16,19,26-28,30H2,2,5-6H3,(H,54,60). The number of hydrazone groups is 1. The number of piperidine rings is 1. The minimum absolute atomic E-state index is 0.0686. The summed E-state index contributed by atoms with van der Waals surface area (Å²) in [4.78, 5) is 20.2. The first-order valence-electron chi connectivity index (χ1n) is 21.7. The zero-order valence-electron chi connectivity index (χ0n) is 35.8. The van der Waals surface area contributed by atoms with Gasteiger partial charge in [-0.1, -0.05) is 106 Å². The van der Waals surface area contributed by atoms with E-state index in [1.54, 1.807) is 11.3 Å². The average Bonchev–Trinajstić information content (AvgIpc) is 3.73. The monoisotopic (exact) mass is 831 g/mol. The summed E-state index contributed by atoms with van der Waals surface area (Å²) in [7, 11) is 0. The first-order valence-corrected chi connectivity index (χ1v) is 22.6. The lowest BCUT2D eigenvalue weighted by Crippen LogP contribution is -2.40. The highest BCUT2D eigenvalue weighted by atomic mass is 32.1. The number of thiophene rings is 1. The SMILES string of the molecule is C=C1CCC(N2N=Cc3c(NCCCCCCCCCc4cccc(NC(=O)CC5N=C(c6ccccc6)c6c(sc(C)c6C)-n6c(C)nnc65)c4)cccc3C2=C)C(=C)N1. The summed E-state index contributed by atoms with van der Waals surface area (Å²) < 4.78 is 2.10. The molecule has 5 aromatic rings. The Morgan fingerprint density at radius 1 is 0.902 bits per heavy atom. The lowest BCUT2D eigenvalue weighted by atomic mass is 9.97. The Kier molecular flexibility index (Phi) is 12.8. The van der Waals surface area contributed by atoms with Crippen molar-refractivity contribution in [2.75, 3.05) is 17.2 Å². The summed E-state index contributed by atoms with van der Waals surface area (Å²) in [5.41, 5.74) is 12.4. The van der Waals surface area contributed by atoms with Gasteiger partial charge in [-0.25, -0.2) is 0 Å². The van der Waals surface area contributed by atoms with Crippen LogP contribution in [-0.4, -0.2) is 50.2 Å². The van der Waals surface area contributed by atoms with Crippen LogP contribution in [0, 0.1) is 20.8 Å². The van der Waals surface area contributed by atoms with Crippen LogP contribution < -0.4 is 16.0 Å². The molecular formula is C50H57N9OS. The molecule has 11 heteroatoms. The number of unbranched alkanes of at least 4 members (excludes halogenated alkanes) is 6. The van der Waals surface area contributed by atoms with Crippen LogP contribution in [0.4, 0.5) is 11.4 Å². The molecule has 8 rings (SSSR count). The minimum Gasteiger partial charge on any atom is -0.384 e. The van der Waals surface area contributed by atoms with Crippen molar-refractivity contribution in [2.45, 2.75) is 103 Å². The summed E-state index contributed by atoms with van der Waals surface area (Å²) in [6.07, 6.45) is 13.3. The molecule has 314 valence electrons. The number of nitrogens with zero attached hydrogens (tertiary/aromatic N) is 6. The second-order valence-electron chi connectivity index (χ2n) is 16.5. The van der Waals surface area contributed by atoms with Gasteiger partial charge in [0.15, 0.2) is 5.82 Å². The average molecular weight is 832 g/mol. The lowest BCUT2D eigenvalue weighted by molar-refractivity contribution is -0.116. The number of fused-ring (bicyclic) bond motifs is 4. The van der Waals surface area contributed by atoms with E-state index in [9.17, 15) is 4.79 Å². The van der Waals surface area contributed by atoms with Gasteiger partial charge in [0.1, 0.15) is 16.9 Å². The van der Waals surface area contributed by atoms with Gasteiger partial charge >= 0.3 is 0 Å². The topological polar surface area (TPSA) is 112 Å². The number of aromatic nitrogens is 3. The first kappa shape index (κ1) is 41.7. The maximum atomic E-state index is 13.7. The summed E-state index contributed by atoms with van der Waals surface area (Å²) >= 11 is 1.72. The molecule has 3 N–H and O–H groups in total. The van der Waals surface area contributed by atoms with E-state index in [1.807, 2.05) is 48.5 Å². The van der Waals surface area contributed by atoms with Gasteiger partial charge in [0, 0.05) is 56.4 Å². The van der Waals surface area contributed by atoms with Crippen molar-refractivity contribution >= 4 is 46.2 Å². The third-order valence-corrected chi connectivity index (χ3v) is 13.3. The Morgan fingerprint density at radius 3 is 2.48 bits per heavy atom. The molecule has 2 aromatic heterocycles. The van der Waals surface area contributed by atoms with Gasteiger partial charge in [0.25, 0.3) is 0 Å². The van der Waals surface area contributed by atoms with Crippen LogP contribution in [0.3, 0.4) is 0 Å². The third kappa shape index (κ3) is 9.17. The third-order valence-electron chi connectivity index (χ3n) is 12.1. The second-order valence-corrected chi connectivity index (χ2v) is 17.7. The number of carbonyl (C=O) groups excluding carboxylic acids is 1. The predicted octanol–water partition coefficient (Wildman–Crippen LogP) is 11.0. The molecule has 10 nitrogen and oxygen atoms in total. The maximum absolute atomic E-state index is 13.7. The van der Waals surface area contributed by atoms with Gasteiger partial charge < -0.3 is 16.0 Å². The number of carbonyl (C=O) groups is 1. The molecule has 0 aliphatic carbocycles. The zero-order valence-corrected chi connectivity index (χ0v) is 36.6. The number of anilines is 2. The molecule has 3 aromatic carbocycles. The number of allylic oxidation sites excluding steroid dienone is 1. The highest BCUT2D eigenvalue weighted by Gasteiger charge is 2.33. The summed E-state index contributed by atoms with van der Waals surface area (Å²) in [5.74, 6) is 1.39. The smallest absolute Gasteiger partial charge is 0.227 e. The molecule has 3 aliphatic heterocycles. The fourth-order valence-corrected chi connectivity index (χ4v) is 9.91. The van der Waals surface area contributed by atoms with Crippen LogP contribution in [-0.2, 0) is 11.2 Å². The van der Waals surface area contributed by atoms with Crippen molar-refractivity contribution in [3.8, 4) is 5.00 Å². The Hall–Kier alpha value is -6.07. The van der Waals surface area contributed by atoms with Crippen molar-refractivity contribution in [2.24, 2.45) is 10.1 Å². The van der Waals surface area contributed by atoms with E-state index in [-0.39, 0.29) is 18.4 Å². The van der Waals surface area contributed by atoms with Gasteiger partial charge in [0.2, 0.25) is 5.91 Å². The maximum Gasteiger partial charge on any atom is 0.227 e. The Bertz CT molecular complexity index is 2510. The quantitative estimate of drug-likeness (QED) is 0.0854. The molecule has 1 saturated heterocycles. The number of aryl methyl sites for hydroxylation is 3. The molecule has 0 radical (unpaired) electrons. The van der Waals surface area contributed by atoms with Gasteiger partial charge in [-0.3, -0.25) is 19.4 Å². The first-order chi connectivity index (χ1) is 29.7. The van der Waals surface area contributed by atoms with Crippen molar-refractivity contribution in [3.63, 3.8) is 0 Å². The summed E-state index contributed by atoms with van der Waals surface area (Å²) in [6, 6.07) is 24.4. The minimum atomic E-state index is -0.486. The van der Waals surface area contributed by atoms with Crippen LogP contribution in [0.2, 0.25) is 0 Å². The van der Waals surface area contributed by atoms with Crippen LogP contribution in [0.1, 0.15) is 120 Å². The fourth-order valence-electron chi connectivity index (χ4n) is 8.69. The largest absolute Gasteiger partial charge is 0.384 e. The lowest BCUT2D eigenvalue weighted by Gasteiger charge is -2.38. The zero-order chi connectivity index (χ0) is 42.5. The fraction of sp³-hybridized carbons (Fsp3) is 0.340. The van der Waals surface area contributed by atoms with Crippen molar-refractivity contribution in [1.82, 2.24) is 25.1 Å².